The summed E-state index contributed by atoms with van der Waals surface area (Å²) in [7, 11) is 1.75. The van der Waals surface area contributed by atoms with Crippen molar-refractivity contribution < 1.29 is 4.52 Å². The molecule has 1 aromatic rings. The van der Waals surface area contributed by atoms with Gasteiger partial charge in [0.05, 0.1) is 6.54 Å². The molecule has 6 nitrogen and oxygen atoms in total. The third kappa shape index (κ3) is 4.73. The predicted molar refractivity (Wildman–Crippen MR) is 71.3 cm³/mol. The molecule has 1 rings (SSSR count). The van der Waals surface area contributed by atoms with E-state index in [9.17, 15) is 0 Å². The van der Waals surface area contributed by atoms with Crippen LogP contribution in [0.25, 0.3) is 0 Å². The minimum absolute atomic E-state index is 0.490. The van der Waals surface area contributed by atoms with Crippen LogP contribution in [0.4, 0.5) is 0 Å². The monoisotopic (exact) mass is 253 g/mol. The molecule has 0 bridgehead atoms. The van der Waals surface area contributed by atoms with Crippen molar-refractivity contribution in [2.75, 3.05) is 13.6 Å². The SMILES string of the molecule is CCC(CC)CNC(=NC)NCc1nc(C)no1. The first kappa shape index (κ1) is 14.5. The van der Waals surface area contributed by atoms with Crippen LogP contribution in [0.1, 0.15) is 38.4 Å². The highest BCUT2D eigenvalue weighted by atomic mass is 16.5. The summed E-state index contributed by atoms with van der Waals surface area (Å²) in [6, 6.07) is 0. The number of aromatic nitrogens is 2. The molecule has 0 aliphatic rings. The van der Waals surface area contributed by atoms with Crippen LogP contribution in [-0.4, -0.2) is 29.7 Å². The second kappa shape index (κ2) is 7.68. The quantitative estimate of drug-likeness (QED) is 0.593. The molecule has 0 saturated carbocycles. The summed E-state index contributed by atoms with van der Waals surface area (Å²) in [6.07, 6.45) is 2.34. The number of rotatable bonds is 6. The molecule has 0 aromatic carbocycles. The molecule has 0 atom stereocenters. The molecule has 0 radical (unpaired) electrons. The zero-order valence-electron chi connectivity index (χ0n) is 11.7. The average molecular weight is 253 g/mol. The fraction of sp³-hybridized carbons (Fsp3) is 0.750. The van der Waals surface area contributed by atoms with E-state index in [1.807, 2.05) is 0 Å². The van der Waals surface area contributed by atoms with Gasteiger partial charge in [-0.3, -0.25) is 4.99 Å². The Balaban J connectivity index is 2.34. The Morgan fingerprint density at radius 1 is 1.33 bits per heavy atom. The van der Waals surface area contributed by atoms with Crippen molar-refractivity contribution in [3.63, 3.8) is 0 Å². The lowest BCUT2D eigenvalue weighted by molar-refractivity contribution is 0.371. The van der Waals surface area contributed by atoms with Gasteiger partial charge in [-0.15, -0.1) is 0 Å². The first-order valence-corrected chi connectivity index (χ1v) is 6.43. The van der Waals surface area contributed by atoms with Crippen molar-refractivity contribution in [2.24, 2.45) is 10.9 Å². The van der Waals surface area contributed by atoms with E-state index in [0.29, 0.717) is 24.2 Å². The number of hydrogen-bond acceptors (Lipinski definition) is 4. The minimum Gasteiger partial charge on any atom is -0.356 e. The van der Waals surface area contributed by atoms with Gasteiger partial charge in [0.15, 0.2) is 11.8 Å². The average Bonchev–Trinajstić information content (AvgIpc) is 2.80. The van der Waals surface area contributed by atoms with E-state index in [4.69, 9.17) is 4.52 Å². The fourth-order valence-corrected chi connectivity index (χ4v) is 1.61. The van der Waals surface area contributed by atoms with Crippen molar-refractivity contribution in [3.05, 3.63) is 11.7 Å². The number of hydrogen-bond donors (Lipinski definition) is 2. The van der Waals surface area contributed by atoms with Gasteiger partial charge in [-0.1, -0.05) is 31.8 Å². The summed E-state index contributed by atoms with van der Waals surface area (Å²) in [5.41, 5.74) is 0. The van der Waals surface area contributed by atoms with Crippen LogP contribution in [-0.2, 0) is 6.54 Å². The van der Waals surface area contributed by atoms with Crippen molar-refractivity contribution in [1.29, 1.82) is 0 Å². The van der Waals surface area contributed by atoms with Crippen LogP contribution >= 0.6 is 0 Å². The zero-order chi connectivity index (χ0) is 13.4. The molecule has 18 heavy (non-hydrogen) atoms. The van der Waals surface area contributed by atoms with E-state index < -0.39 is 0 Å². The van der Waals surface area contributed by atoms with Crippen LogP contribution in [0.15, 0.2) is 9.52 Å². The van der Waals surface area contributed by atoms with Gasteiger partial charge in [-0.05, 0) is 12.8 Å². The van der Waals surface area contributed by atoms with Gasteiger partial charge in [-0.2, -0.15) is 4.98 Å². The second-order valence-electron chi connectivity index (χ2n) is 4.22. The van der Waals surface area contributed by atoms with E-state index in [2.05, 4.69) is 39.6 Å². The summed E-state index contributed by atoms with van der Waals surface area (Å²) in [4.78, 5) is 8.28. The van der Waals surface area contributed by atoms with Crippen LogP contribution < -0.4 is 10.6 Å². The Morgan fingerprint density at radius 3 is 2.56 bits per heavy atom. The van der Waals surface area contributed by atoms with Crippen LogP contribution in [0.3, 0.4) is 0 Å². The molecule has 0 amide bonds. The van der Waals surface area contributed by atoms with Crippen LogP contribution in [0, 0.1) is 12.8 Å². The first-order valence-electron chi connectivity index (χ1n) is 6.43. The van der Waals surface area contributed by atoms with Crippen LogP contribution in [0.5, 0.6) is 0 Å². The number of aliphatic imine (C=N–C) groups is 1. The Kier molecular flexibility index (Phi) is 6.18. The highest BCUT2D eigenvalue weighted by Gasteiger charge is 2.06. The lowest BCUT2D eigenvalue weighted by Gasteiger charge is -2.15. The van der Waals surface area contributed by atoms with Gasteiger partial charge in [0.25, 0.3) is 0 Å². The Bertz CT molecular complexity index is 370. The lowest BCUT2D eigenvalue weighted by Crippen LogP contribution is -2.39. The third-order valence-corrected chi connectivity index (χ3v) is 2.91. The van der Waals surface area contributed by atoms with Gasteiger partial charge in [-0.25, -0.2) is 0 Å². The van der Waals surface area contributed by atoms with Crippen molar-refractivity contribution in [2.45, 2.75) is 40.2 Å². The molecule has 1 heterocycles. The van der Waals surface area contributed by atoms with Crippen molar-refractivity contribution in [3.8, 4) is 0 Å². The molecule has 0 aliphatic carbocycles. The first-order chi connectivity index (χ1) is 8.69. The predicted octanol–water partition coefficient (Wildman–Crippen LogP) is 1.48. The maximum absolute atomic E-state index is 5.02. The molecule has 0 spiro atoms. The zero-order valence-corrected chi connectivity index (χ0v) is 11.7. The minimum atomic E-state index is 0.490. The summed E-state index contributed by atoms with van der Waals surface area (Å²) in [5, 5.41) is 10.2. The molecule has 6 heteroatoms. The highest BCUT2D eigenvalue weighted by Crippen LogP contribution is 2.04. The normalized spacial score (nSPS) is 11.9. The molecule has 0 saturated heterocycles. The number of guanidine groups is 1. The summed E-state index contributed by atoms with van der Waals surface area (Å²) in [5.74, 6) is 2.65. The maximum Gasteiger partial charge on any atom is 0.246 e. The van der Waals surface area contributed by atoms with Crippen molar-refractivity contribution >= 4 is 5.96 Å². The smallest absolute Gasteiger partial charge is 0.246 e. The molecular formula is C12H23N5O. The number of nitrogens with zero attached hydrogens (tertiary/aromatic N) is 3. The number of nitrogens with one attached hydrogen (secondary N) is 2. The third-order valence-electron chi connectivity index (χ3n) is 2.91. The standard InChI is InChI=1S/C12H23N5O/c1-5-10(6-2)7-14-12(13-4)15-8-11-16-9(3)17-18-11/h10H,5-8H2,1-4H3,(H2,13,14,15). The topological polar surface area (TPSA) is 75.3 Å². The second-order valence-corrected chi connectivity index (χ2v) is 4.22. The Morgan fingerprint density at radius 2 is 2.06 bits per heavy atom. The van der Waals surface area contributed by atoms with Gasteiger partial charge in [0, 0.05) is 13.6 Å². The Hall–Kier alpha value is -1.59. The van der Waals surface area contributed by atoms with Crippen LogP contribution in [0.2, 0.25) is 0 Å². The Labute approximate surface area is 108 Å². The van der Waals surface area contributed by atoms with E-state index >= 15 is 0 Å². The summed E-state index contributed by atoms with van der Waals surface area (Å²) in [6.45, 7) is 7.62. The maximum atomic E-state index is 5.02. The molecule has 2 N–H and O–H groups in total. The number of aryl methyl sites for hydroxylation is 1. The molecule has 0 fully saturated rings. The largest absolute Gasteiger partial charge is 0.356 e. The molecule has 1 aromatic heterocycles. The van der Waals surface area contributed by atoms with E-state index in [1.165, 1.54) is 12.8 Å². The summed E-state index contributed by atoms with van der Waals surface area (Å²) < 4.78 is 5.02. The van der Waals surface area contributed by atoms with Gasteiger partial charge >= 0.3 is 0 Å². The highest BCUT2D eigenvalue weighted by molar-refractivity contribution is 5.79. The van der Waals surface area contributed by atoms with E-state index in [-0.39, 0.29) is 0 Å². The molecule has 0 aliphatic heterocycles. The molecule has 102 valence electrons. The lowest BCUT2D eigenvalue weighted by atomic mass is 10.0. The molecular weight excluding hydrogens is 230 g/mol. The van der Waals surface area contributed by atoms with Crippen molar-refractivity contribution in [1.82, 2.24) is 20.8 Å². The molecule has 0 unspecified atom stereocenters. The van der Waals surface area contributed by atoms with Gasteiger partial charge in [0.2, 0.25) is 5.89 Å². The summed E-state index contributed by atoms with van der Waals surface area (Å²) >= 11 is 0. The van der Waals surface area contributed by atoms with E-state index in [1.54, 1.807) is 14.0 Å². The fourth-order valence-electron chi connectivity index (χ4n) is 1.61. The van der Waals surface area contributed by atoms with Gasteiger partial charge < -0.3 is 15.2 Å². The van der Waals surface area contributed by atoms with Gasteiger partial charge in [0.1, 0.15) is 0 Å². The van der Waals surface area contributed by atoms with E-state index in [0.717, 1.165) is 12.5 Å².